The highest BCUT2D eigenvalue weighted by molar-refractivity contribution is 6.22. The Hall–Kier alpha value is -1.34. The van der Waals surface area contributed by atoms with E-state index in [-0.39, 0.29) is 11.2 Å². The summed E-state index contributed by atoms with van der Waals surface area (Å²) >= 11 is 6.40. The van der Waals surface area contributed by atoms with Crippen LogP contribution in [-0.2, 0) is 6.42 Å². The molecule has 1 unspecified atom stereocenters. The van der Waals surface area contributed by atoms with Gasteiger partial charge in [0.05, 0.1) is 5.38 Å². The van der Waals surface area contributed by atoms with Gasteiger partial charge >= 0.3 is 0 Å². The first-order chi connectivity index (χ1) is 8.60. The molecule has 0 saturated heterocycles. The zero-order valence-electron chi connectivity index (χ0n) is 10.6. The molecule has 0 aliphatic carbocycles. The quantitative estimate of drug-likeness (QED) is 0.681. The molecule has 2 heteroatoms. The standard InChI is InChI=1S/C16H16ClF/c1-3-12-4-6-13(7-5-12)16(17)14-8-11(2)9-15(18)10-14/h4-10,16H,3H2,1-2H3. The predicted molar refractivity (Wildman–Crippen MR) is 74.7 cm³/mol. The average molecular weight is 263 g/mol. The Kier molecular flexibility index (Phi) is 4.03. The molecular formula is C16H16ClF. The third-order valence-electron chi connectivity index (χ3n) is 3.04. The predicted octanol–water partition coefficient (Wildman–Crippen LogP) is 5.02. The molecule has 0 saturated carbocycles. The minimum Gasteiger partial charge on any atom is -0.207 e. The zero-order chi connectivity index (χ0) is 13.1. The van der Waals surface area contributed by atoms with Gasteiger partial charge in [0.2, 0.25) is 0 Å². The number of hydrogen-bond acceptors (Lipinski definition) is 0. The van der Waals surface area contributed by atoms with E-state index in [4.69, 9.17) is 11.6 Å². The van der Waals surface area contributed by atoms with Crippen molar-refractivity contribution in [3.05, 3.63) is 70.5 Å². The molecule has 0 aliphatic heterocycles. The van der Waals surface area contributed by atoms with Crippen LogP contribution < -0.4 is 0 Å². The fraction of sp³-hybridized carbons (Fsp3) is 0.250. The van der Waals surface area contributed by atoms with Crippen LogP contribution in [0.4, 0.5) is 4.39 Å². The van der Waals surface area contributed by atoms with Crippen molar-refractivity contribution in [1.82, 2.24) is 0 Å². The van der Waals surface area contributed by atoms with Crippen LogP contribution in [-0.4, -0.2) is 0 Å². The molecule has 0 amide bonds. The molecule has 0 aliphatic rings. The molecule has 94 valence electrons. The summed E-state index contributed by atoms with van der Waals surface area (Å²) in [5, 5.41) is -0.301. The number of benzene rings is 2. The Morgan fingerprint density at radius 2 is 1.72 bits per heavy atom. The molecule has 2 aromatic rings. The highest BCUT2D eigenvalue weighted by atomic mass is 35.5. The molecular weight excluding hydrogens is 247 g/mol. The summed E-state index contributed by atoms with van der Waals surface area (Å²) in [4.78, 5) is 0. The maximum atomic E-state index is 13.4. The summed E-state index contributed by atoms with van der Waals surface area (Å²) in [6, 6.07) is 13.1. The Balaban J connectivity index is 2.31. The molecule has 2 aromatic carbocycles. The molecule has 1 atom stereocenters. The molecule has 0 spiro atoms. The minimum absolute atomic E-state index is 0.235. The molecule has 0 radical (unpaired) electrons. The lowest BCUT2D eigenvalue weighted by molar-refractivity contribution is 0.624. The van der Waals surface area contributed by atoms with Crippen LogP contribution in [0.15, 0.2) is 42.5 Å². The van der Waals surface area contributed by atoms with Gasteiger partial charge in [-0.05, 0) is 47.7 Å². The van der Waals surface area contributed by atoms with Crippen molar-refractivity contribution in [1.29, 1.82) is 0 Å². The molecule has 18 heavy (non-hydrogen) atoms. The van der Waals surface area contributed by atoms with Crippen LogP contribution >= 0.6 is 11.6 Å². The summed E-state index contributed by atoms with van der Waals surface area (Å²) in [5.41, 5.74) is 3.97. The van der Waals surface area contributed by atoms with Crippen molar-refractivity contribution < 1.29 is 4.39 Å². The van der Waals surface area contributed by atoms with E-state index in [0.717, 1.165) is 23.1 Å². The van der Waals surface area contributed by atoms with Gasteiger partial charge in [-0.15, -0.1) is 11.6 Å². The van der Waals surface area contributed by atoms with Gasteiger partial charge in [-0.1, -0.05) is 37.3 Å². The number of rotatable bonds is 3. The maximum Gasteiger partial charge on any atom is 0.123 e. The average Bonchev–Trinajstić information content (AvgIpc) is 2.37. The van der Waals surface area contributed by atoms with Crippen LogP contribution in [0.3, 0.4) is 0 Å². The topological polar surface area (TPSA) is 0 Å². The van der Waals surface area contributed by atoms with Crippen molar-refractivity contribution in [2.45, 2.75) is 25.6 Å². The van der Waals surface area contributed by atoms with Gasteiger partial charge < -0.3 is 0 Å². The third-order valence-corrected chi connectivity index (χ3v) is 3.54. The van der Waals surface area contributed by atoms with Gasteiger partial charge in [0, 0.05) is 0 Å². The van der Waals surface area contributed by atoms with E-state index >= 15 is 0 Å². The van der Waals surface area contributed by atoms with Crippen molar-refractivity contribution in [2.24, 2.45) is 0 Å². The lowest BCUT2D eigenvalue weighted by Crippen LogP contribution is -1.95. The first kappa shape index (κ1) is 13.1. The van der Waals surface area contributed by atoms with Gasteiger partial charge in [0.1, 0.15) is 5.82 Å². The van der Waals surface area contributed by atoms with Crippen molar-refractivity contribution >= 4 is 11.6 Å². The van der Waals surface area contributed by atoms with E-state index in [1.54, 1.807) is 0 Å². The summed E-state index contributed by atoms with van der Waals surface area (Å²) in [5.74, 6) is -0.235. The SMILES string of the molecule is CCc1ccc(C(Cl)c2cc(C)cc(F)c2)cc1. The van der Waals surface area contributed by atoms with E-state index in [1.165, 1.54) is 17.7 Å². The molecule has 0 fully saturated rings. The lowest BCUT2D eigenvalue weighted by atomic mass is 10.0. The lowest BCUT2D eigenvalue weighted by Gasteiger charge is -2.12. The third kappa shape index (κ3) is 2.91. The van der Waals surface area contributed by atoms with Crippen LogP contribution in [0.25, 0.3) is 0 Å². The Morgan fingerprint density at radius 3 is 2.28 bits per heavy atom. The maximum absolute atomic E-state index is 13.4. The first-order valence-electron chi connectivity index (χ1n) is 6.10. The molecule has 0 nitrogen and oxygen atoms in total. The number of halogens is 2. The fourth-order valence-corrected chi connectivity index (χ4v) is 2.30. The summed E-state index contributed by atoms with van der Waals surface area (Å²) in [6.45, 7) is 3.99. The van der Waals surface area contributed by atoms with Gasteiger partial charge in [-0.25, -0.2) is 4.39 Å². The van der Waals surface area contributed by atoms with E-state index in [1.807, 2.05) is 25.1 Å². The highest BCUT2D eigenvalue weighted by Crippen LogP contribution is 2.30. The van der Waals surface area contributed by atoms with Crippen molar-refractivity contribution in [3.63, 3.8) is 0 Å². The zero-order valence-corrected chi connectivity index (χ0v) is 11.3. The van der Waals surface area contributed by atoms with E-state index < -0.39 is 0 Å². The normalized spacial score (nSPS) is 12.4. The van der Waals surface area contributed by atoms with Gasteiger partial charge in [0.15, 0.2) is 0 Å². The number of alkyl halides is 1. The molecule has 0 bridgehead atoms. The second kappa shape index (κ2) is 5.53. The largest absolute Gasteiger partial charge is 0.207 e. The minimum atomic E-state index is -0.301. The van der Waals surface area contributed by atoms with Crippen molar-refractivity contribution in [3.8, 4) is 0 Å². The smallest absolute Gasteiger partial charge is 0.123 e. The molecule has 0 heterocycles. The van der Waals surface area contributed by atoms with Gasteiger partial charge in [-0.2, -0.15) is 0 Å². The Labute approximate surface area is 112 Å². The monoisotopic (exact) mass is 262 g/mol. The summed E-state index contributed by atoms with van der Waals surface area (Å²) < 4.78 is 13.4. The van der Waals surface area contributed by atoms with Crippen LogP contribution in [0, 0.1) is 12.7 Å². The number of aryl methyl sites for hydroxylation is 2. The Bertz CT molecular complexity index is 511. The number of hydrogen-bond donors (Lipinski definition) is 0. The van der Waals surface area contributed by atoms with Crippen molar-refractivity contribution in [2.75, 3.05) is 0 Å². The second-order valence-corrected chi connectivity index (χ2v) is 4.96. The second-order valence-electron chi connectivity index (χ2n) is 4.52. The molecule has 2 rings (SSSR count). The highest BCUT2D eigenvalue weighted by Gasteiger charge is 2.12. The summed E-state index contributed by atoms with van der Waals surface area (Å²) in [7, 11) is 0. The van der Waals surface area contributed by atoms with Crippen LogP contribution in [0.5, 0.6) is 0 Å². The summed E-state index contributed by atoms with van der Waals surface area (Å²) in [6.07, 6.45) is 1.01. The van der Waals surface area contributed by atoms with Crippen LogP contribution in [0.2, 0.25) is 0 Å². The van der Waals surface area contributed by atoms with Gasteiger partial charge in [-0.3, -0.25) is 0 Å². The van der Waals surface area contributed by atoms with Crippen LogP contribution in [0.1, 0.15) is 34.6 Å². The Morgan fingerprint density at radius 1 is 1.06 bits per heavy atom. The van der Waals surface area contributed by atoms with Gasteiger partial charge in [0.25, 0.3) is 0 Å². The van der Waals surface area contributed by atoms with E-state index in [2.05, 4.69) is 19.1 Å². The fourth-order valence-electron chi connectivity index (χ4n) is 2.03. The van der Waals surface area contributed by atoms with E-state index in [0.29, 0.717) is 0 Å². The first-order valence-corrected chi connectivity index (χ1v) is 6.54. The molecule has 0 aromatic heterocycles. The molecule has 0 N–H and O–H groups in total. The van der Waals surface area contributed by atoms with E-state index in [9.17, 15) is 4.39 Å².